The van der Waals surface area contributed by atoms with Gasteiger partial charge in [0.2, 0.25) is 0 Å². The lowest BCUT2D eigenvalue weighted by molar-refractivity contribution is 0.477. The van der Waals surface area contributed by atoms with Gasteiger partial charge in [-0.15, -0.1) is 0 Å². The molecule has 4 heteroatoms. The highest BCUT2D eigenvalue weighted by atomic mass is 16.5. The molecule has 0 saturated heterocycles. The molecule has 0 bridgehead atoms. The van der Waals surface area contributed by atoms with Crippen molar-refractivity contribution in [2.45, 2.75) is 0 Å². The van der Waals surface area contributed by atoms with Gasteiger partial charge in [0, 0.05) is 17.1 Å². The minimum Gasteiger partial charge on any atom is -0.453 e. The quantitative estimate of drug-likeness (QED) is 0.263. The summed E-state index contributed by atoms with van der Waals surface area (Å²) in [5.74, 6) is 1.67. The topological polar surface area (TPSA) is 38.2 Å². The van der Waals surface area contributed by atoms with Crippen molar-refractivity contribution in [1.29, 1.82) is 0 Å². The molecule has 1 aliphatic rings. The highest BCUT2D eigenvalue weighted by Crippen LogP contribution is 2.52. The Kier molecular flexibility index (Phi) is 4.74. The van der Waals surface area contributed by atoms with Gasteiger partial charge in [0.25, 0.3) is 0 Å². The Morgan fingerprint density at radius 1 is 0.528 bits per heavy atom. The number of benzene rings is 4. The molecule has 0 radical (unpaired) electrons. The highest BCUT2D eigenvalue weighted by molar-refractivity contribution is 6.03. The molecule has 0 aliphatic carbocycles. The number of nitrogens with zero attached hydrogens (tertiary/aromatic N) is 3. The number of pyridine rings is 2. The normalized spacial score (nSPS) is 12.1. The van der Waals surface area contributed by atoms with Crippen LogP contribution >= 0.6 is 0 Å². The van der Waals surface area contributed by atoms with Crippen LogP contribution in [0.4, 0.5) is 17.1 Å². The van der Waals surface area contributed by atoms with Crippen molar-refractivity contribution in [3.8, 4) is 34.1 Å². The molecule has 2 aromatic heterocycles. The number of hydrogen-bond donors (Lipinski definition) is 0. The fourth-order valence-corrected chi connectivity index (χ4v) is 4.84. The summed E-state index contributed by atoms with van der Waals surface area (Å²) in [6.45, 7) is 0. The molecule has 4 aromatic carbocycles. The maximum atomic E-state index is 6.26. The van der Waals surface area contributed by atoms with Gasteiger partial charge in [0.05, 0.1) is 34.1 Å². The standard InChI is InChI=1S/C32H21N3O/c1-2-11-24-22(10-1)20-23(25-13-9-14-27(34-25)26-12-7-8-19-33-26)21-30(24)35-28-15-3-5-17-31(28)36-32-18-6-4-16-29(32)35/h1-21H. The molecule has 36 heavy (non-hydrogen) atoms. The summed E-state index contributed by atoms with van der Waals surface area (Å²) in [6, 6.07) is 41.3. The molecular formula is C32H21N3O. The molecule has 170 valence electrons. The van der Waals surface area contributed by atoms with E-state index in [1.54, 1.807) is 6.20 Å². The van der Waals surface area contributed by atoms with E-state index in [-0.39, 0.29) is 0 Å². The summed E-state index contributed by atoms with van der Waals surface area (Å²) in [4.78, 5) is 11.8. The summed E-state index contributed by atoms with van der Waals surface area (Å²) in [5.41, 5.74) is 6.75. The van der Waals surface area contributed by atoms with Crippen LogP contribution in [-0.2, 0) is 0 Å². The van der Waals surface area contributed by atoms with Crippen molar-refractivity contribution in [3.05, 3.63) is 128 Å². The number of fused-ring (bicyclic) bond motifs is 3. The highest BCUT2D eigenvalue weighted by Gasteiger charge is 2.27. The van der Waals surface area contributed by atoms with Crippen LogP contribution in [0.15, 0.2) is 128 Å². The van der Waals surface area contributed by atoms with Crippen molar-refractivity contribution in [3.63, 3.8) is 0 Å². The lowest BCUT2D eigenvalue weighted by atomic mass is 10.00. The predicted octanol–water partition coefficient (Wildman–Crippen LogP) is 8.54. The van der Waals surface area contributed by atoms with Gasteiger partial charge in [0.15, 0.2) is 11.5 Å². The molecule has 6 aromatic rings. The molecule has 0 spiro atoms. The fraction of sp³-hybridized carbons (Fsp3) is 0. The predicted molar refractivity (Wildman–Crippen MR) is 145 cm³/mol. The third kappa shape index (κ3) is 3.39. The number of ether oxygens (including phenoxy) is 1. The first kappa shape index (κ1) is 20.4. The Labute approximate surface area is 209 Å². The third-order valence-corrected chi connectivity index (χ3v) is 6.49. The van der Waals surface area contributed by atoms with Crippen LogP contribution < -0.4 is 9.64 Å². The van der Waals surface area contributed by atoms with E-state index in [2.05, 4.69) is 64.5 Å². The zero-order valence-electron chi connectivity index (χ0n) is 19.4. The summed E-state index contributed by atoms with van der Waals surface area (Å²) < 4.78 is 6.26. The number of rotatable bonds is 3. The second kappa shape index (κ2) is 8.36. The Morgan fingerprint density at radius 2 is 1.19 bits per heavy atom. The largest absolute Gasteiger partial charge is 0.453 e. The summed E-state index contributed by atoms with van der Waals surface area (Å²) in [7, 11) is 0. The molecular weight excluding hydrogens is 442 g/mol. The van der Waals surface area contributed by atoms with Gasteiger partial charge in [-0.2, -0.15) is 0 Å². The SMILES string of the molecule is c1ccc(-c2cccc(-c3cc(N4c5ccccc5Oc5ccccc54)c4ccccc4c3)n2)nc1. The fourth-order valence-electron chi connectivity index (χ4n) is 4.84. The second-order valence-corrected chi connectivity index (χ2v) is 8.71. The van der Waals surface area contributed by atoms with Gasteiger partial charge >= 0.3 is 0 Å². The second-order valence-electron chi connectivity index (χ2n) is 8.71. The molecule has 0 fully saturated rings. The maximum absolute atomic E-state index is 6.26. The summed E-state index contributed by atoms with van der Waals surface area (Å²) in [5, 5.41) is 2.31. The zero-order chi connectivity index (χ0) is 23.9. The number of para-hydroxylation sites is 4. The molecule has 0 saturated carbocycles. The Morgan fingerprint density at radius 3 is 1.97 bits per heavy atom. The van der Waals surface area contributed by atoms with Gasteiger partial charge in [0.1, 0.15) is 0 Å². The van der Waals surface area contributed by atoms with E-state index in [4.69, 9.17) is 9.72 Å². The van der Waals surface area contributed by atoms with Crippen LogP contribution in [0.2, 0.25) is 0 Å². The van der Waals surface area contributed by atoms with Gasteiger partial charge in [-0.3, -0.25) is 4.98 Å². The van der Waals surface area contributed by atoms with Crippen molar-refractivity contribution >= 4 is 27.8 Å². The van der Waals surface area contributed by atoms with Gasteiger partial charge < -0.3 is 9.64 Å². The monoisotopic (exact) mass is 463 g/mol. The minimum atomic E-state index is 0.834. The van der Waals surface area contributed by atoms with Gasteiger partial charge in [-0.25, -0.2) is 4.98 Å². The van der Waals surface area contributed by atoms with Crippen LogP contribution in [-0.4, -0.2) is 9.97 Å². The minimum absolute atomic E-state index is 0.834. The van der Waals surface area contributed by atoms with Gasteiger partial charge in [-0.05, 0) is 66.0 Å². The van der Waals surface area contributed by atoms with E-state index in [0.717, 1.165) is 62.0 Å². The summed E-state index contributed by atoms with van der Waals surface area (Å²) in [6.07, 6.45) is 1.80. The number of aromatic nitrogens is 2. The Bertz CT molecular complexity index is 1680. The molecule has 1 aliphatic heterocycles. The molecule has 0 N–H and O–H groups in total. The van der Waals surface area contributed by atoms with Gasteiger partial charge in [-0.1, -0.05) is 60.7 Å². The Balaban J connectivity index is 1.47. The zero-order valence-corrected chi connectivity index (χ0v) is 19.4. The van der Waals surface area contributed by atoms with Crippen molar-refractivity contribution < 1.29 is 4.74 Å². The van der Waals surface area contributed by atoms with E-state index in [1.165, 1.54) is 0 Å². The molecule has 0 unspecified atom stereocenters. The Hall–Kier alpha value is -4.96. The van der Waals surface area contributed by atoms with E-state index in [1.807, 2.05) is 66.7 Å². The van der Waals surface area contributed by atoms with E-state index in [9.17, 15) is 0 Å². The van der Waals surface area contributed by atoms with Crippen molar-refractivity contribution in [2.24, 2.45) is 0 Å². The third-order valence-electron chi connectivity index (χ3n) is 6.49. The van der Waals surface area contributed by atoms with Crippen LogP contribution in [0, 0.1) is 0 Å². The van der Waals surface area contributed by atoms with Crippen LogP contribution in [0.25, 0.3) is 33.4 Å². The first-order valence-electron chi connectivity index (χ1n) is 11.9. The van der Waals surface area contributed by atoms with E-state index < -0.39 is 0 Å². The molecule has 0 amide bonds. The average molecular weight is 464 g/mol. The number of anilines is 3. The molecule has 7 rings (SSSR count). The molecule has 4 nitrogen and oxygen atoms in total. The molecule has 0 atom stereocenters. The maximum Gasteiger partial charge on any atom is 0.151 e. The van der Waals surface area contributed by atoms with E-state index in [0.29, 0.717) is 0 Å². The first-order chi connectivity index (χ1) is 17.8. The summed E-state index contributed by atoms with van der Waals surface area (Å²) >= 11 is 0. The van der Waals surface area contributed by atoms with Crippen LogP contribution in [0.1, 0.15) is 0 Å². The molecule has 3 heterocycles. The number of hydrogen-bond acceptors (Lipinski definition) is 4. The smallest absolute Gasteiger partial charge is 0.151 e. The van der Waals surface area contributed by atoms with Crippen LogP contribution in [0.3, 0.4) is 0 Å². The van der Waals surface area contributed by atoms with Crippen molar-refractivity contribution in [1.82, 2.24) is 9.97 Å². The lowest BCUT2D eigenvalue weighted by Gasteiger charge is -2.33. The lowest BCUT2D eigenvalue weighted by Crippen LogP contribution is -2.16. The van der Waals surface area contributed by atoms with Crippen LogP contribution in [0.5, 0.6) is 11.5 Å². The van der Waals surface area contributed by atoms with E-state index >= 15 is 0 Å². The first-order valence-corrected chi connectivity index (χ1v) is 11.9. The average Bonchev–Trinajstić information content (AvgIpc) is 2.96. The van der Waals surface area contributed by atoms with Crippen molar-refractivity contribution in [2.75, 3.05) is 4.90 Å².